The molecule has 1 fully saturated rings. The molecule has 21 heavy (non-hydrogen) atoms. The molecule has 0 aromatic carbocycles. The molecule has 2 heteroatoms. The van der Waals surface area contributed by atoms with Gasteiger partial charge in [-0.3, -0.25) is 0 Å². The average Bonchev–Trinajstić information content (AvgIpc) is 2.39. The molecule has 1 saturated carbocycles. The SMILES string of the molecule is CC(C)[Si](C#CC(C)(O)C1CCCCC1)(C(C)C)C(C)C. The molecule has 0 aliphatic heterocycles. The van der Waals surface area contributed by atoms with Gasteiger partial charge in [-0.05, 0) is 42.3 Å². The van der Waals surface area contributed by atoms with E-state index in [1.807, 2.05) is 6.92 Å². The molecule has 122 valence electrons. The van der Waals surface area contributed by atoms with Crippen molar-refractivity contribution in [3.05, 3.63) is 0 Å². The summed E-state index contributed by atoms with van der Waals surface area (Å²) in [6.07, 6.45) is 6.11. The molecular formula is C19H36OSi. The molecule has 0 heterocycles. The van der Waals surface area contributed by atoms with Gasteiger partial charge in [-0.25, -0.2) is 0 Å². The lowest BCUT2D eigenvalue weighted by atomic mass is 9.78. The van der Waals surface area contributed by atoms with E-state index < -0.39 is 13.7 Å². The number of rotatable bonds is 4. The van der Waals surface area contributed by atoms with E-state index in [-0.39, 0.29) is 0 Å². The lowest BCUT2D eigenvalue weighted by Crippen LogP contribution is -2.44. The van der Waals surface area contributed by atoms with Gasteiger partial charge in [-0.1, -0.05) is 66.7 Å². The molecule has 0 radical (unpaired) electrons. The molecule has 1 unspecified atom stereocenters. The summed E-state index contributed by atoms with van der Waals surface area (Å²) >= 11 is 0. The summed E-state index contributed by atoms with van der Waals surface area (Å²) in [6, 6.07) is 0. The molecule has 0 aromatic rings. The number of hydrogen-bond acceptors (Lipinski definition) is 1. The smallest absolute Gasteiger partial charge is 0.146 e. The molecule has 1 aliphatic carbocycles. The van der Waals surface area contributed by atoms with E-state index in [1.165, 1.54) is 19.3 Å². The highest BCUT2D eigenvalue weighted by Crippen LogP contribution is 2.41. The summed E-state index contributed by atoms with van der Waals surface area (Å²) in [5.41, 5.74) is 4.81. The van der Waals surface area contributed by atoms with Gasteiger partial charge < -0.3 is 5.11 Å². The molecule has 1 nitrogen and oxygen atoms in total. The van der Waals surface area contributed by atoms with Gasteiger partial charge in [0.2, 0.25) is 0 Å². The summed E-state index contributed by atoms with van der Waals surface area (Å²) in [7, 11) is -1.72. The number of aliphatic hydroxyl groups is 1. The van der Waals surface area contributed by atoms with E-state index in [9.17, 15) is 5.11 Å². The van der Waals surface area contributed by atoms with Crippen molar-refractivity contribution in [2.24, 2.45) is 5.92 Å². The zero-order valence-electron chi connectivity index (χ0n) is 15.3. The Bertz CT molecular complexity index is 356. The average molecular weight is 309 g/mol. The molecule has 1 atom stereocenters. The first-order valence-corrected chi connectivity index (χ1v) is 11.1. The van der Waals surface area contributed by atoms with Crippen LogP contribution in [0.3, 0.4) is 0 Å². The van der Waals surface area contributed by atoms with E-state index in [2.05, 4.69) is 53.0 Å². The van der Waals surface area contributed by atoms with Gasteiger partial charge in [0.15, 0.2) is 0 Å². The Morgan fingerprint density at radius 2 is 1.33 bits per heavy atom. The minimum Gasteiger partial charge on any atom is -0.378 e. The number of hydrogen-bond donors (Lipinski definition) is 1. The van der Waals surface area contributed by atoms with Gasteiger partial charge in [0.25, 0.3) is 0 Å². The minimum atomic E-state index is -1.72. The normalized spacial score (nSPS) is 20.5. The van der Waals surface area contributed by atoms with Gasteiger partial charge in [-0.15, -0.1) is 5.54 Å². The van der Waals surface area contributed by atoms with E-state index in [0.29, 0.717) is 22.5 Å². The topological polar surface area (TPSA) is 20.2 Å². The Labute approximate surface area is 133 Å². The lowest BCUT2D eigenvalue weighted by Gasteiger charge is -2.39. The fraction of sp³-hybridized carbons (Fsp3) is 0.895. The quantitative estimate of drug-likeness (QED) is 0.534. The van der Waals surface area contributed by atoms with Crippen LogP contribution >= 0.6 is 0 Å². The summed E-state index contributed by atoms with van der Waals surface area (Å²) in [5, 5.41) is 10.9. The Balaban J connectivity index is 3.08. The summed E-state index contributed by atoms with van der Waals surface area (Å²) < 4.78 is 0. The second kappa shape index (κ2) is 7.33. The summed E-state index contributed by atoms with van der Waals surface area (Å²) in [4.78, 5) is 0. The third-order valence-corrected chi connectivity index (χ3v) is 12.1. The fourth-order valence-corrected chi connectivity index (χ4v) is 9.77. The van der Waals surface area contributed by atoms with Crippen LogP contribution in [0.25, 0.3) is 0 Å². The first-order chi connectivity index (χ1) is 9.64. The predicted octanol–water partition coefficient (Wildman–Crippen LogP) is 5.54. The van der Waals surface area contributed by atoms with E-state index >= 15 is 0 Å². The summed E-state index contributed by atoms with van der Waals surface area (Å²) in [6.45, 7) is 15.9. The van der Waals surface area contributed by atoms with Crippen LogP contribution < -0.4 is 0 Å². The van der Waals surface area contributed by atoms with Crippen molar-refractivity contribution in [1.82, 2.24) is 0 Å². The van der Waals surface area contributed by atoms with Crippen molar-refractivity contribution in [2.45, 2.75) is 103 Å². The van der Waals surface area contributed by atoms with E-state index in [0.717, 1.165) is 12.8 Å². The van der Waals surface area contributed by atoms with Crippen LogP contribution in [0, 0.1) is 17.4 Å². The van der Waals surface area contributed by atoms with Crippen LogP contribution in [0.1, 0.15) is 80.6 Å². The maximum absolute atomic E-state index is 10.9. The predicted molar refractivity (Wildman–Crippen MR) is 96.0 cm³/mol. The van der Waals surface area contributed by atoms with E-state index in [1.54, 1.807) is 0 Å². The highest BCUT2D eigenvalue weighted by Gasteiger charge is 2.42. The van der Waals surface area contributed by atoms with Gasteiger partial charge in [0.05, 0.1) is 0 Å². The molecular weight excluding hydrogens is 272 g/mol. The highest BCUT2D eigenvalue weighted by molar-refractivity contribution is 6.90. The van der Waals surface area contributed by atoms with Crippen LogP contribution in [0.2, 0.25) is 16.6 Å². The van der Waals surface area contributed by atoms with Crippen molar-refractivity contribution in [3.63, 3.8) is 0 Å². The van der Waals surface area contributed by atoms with Crippen molar-refractivity contribution in [1.29, 1.82) is 0 Å². The van der Waals surface area contributed by atoms with Crippen LogP contribution in [0.5, 0.6) is 0 Å². The Morgan fingerprint density at radius 3 is 1.71 bits per heavy atom. The second-order valence-electron chi connectivity index (χ2n) is 8.13. The molecule has 0 aromatic heterocycles. The molecule has 1 N–H and O–H groups in total. The Morgan fingerprint density at radius 1 is 0.905 bits per heavy atom. The zero-order chi connectivity index (χ0) is 16.3. The Kier molecular flexibility index (Phi) is 6.56. The molecule has 1 aliphatic rings. The lowest BCUT2D eigenvalue weighted by molar-refractivity contribution is 0.0369. The minimum absolute atomic E-state index is 0.372. The maximum Gasteiger partial charge on any atom is 0.146 e. The first kappa shape index (κ1) is 18.8. The van der Waals surface area contributed by atoms with Crippen molar-refractivity contribution >= 4 is 8.07 Å². The van der Waals surface area contributed by atoms with Crippen molar-refractivity contribution in [3.8, 4) is 11.5 Å². The van der Waals surface area contributed by atoms with E-state index in [4.69, 9.17) is 0 Å². The van der Waals surface area contributed by atoms with Gasteiger partial charge in [0, 0.05) is 0 Å². The molecule has 0 amide bonds. The fourth-order valence-electron chi connectivity index (χ4n) is 4.43. The first-order valence-electron chi connectivity index (χ1n) is 8.91. The van der Waals surface area contributed by atoms with Crippen molar-refractivity contribution < 1.29 is 5.11 Å². The van der Waals surface area contributed by atoms with Gasteiger partial charge in [0.1, 0.15) is 13.7 Å². The molecule has 1 rings (SSSR count). The molecule has 0 saturated heterocycles. The Hall–Kier alpha value is -0.263. The largest absolute Gasteiger partial charge is 0.378 e. The highest BCUT2D eigenvalue weighted by atomic mass is 28.3. The standard InChI is InChI=1S/C19H36OSi/c1-15(2)21(16(3)4,17(5)6)14-13-19(7,20)18-11-9-8-10-12-18/h15-18,20H,8-12H2,1-7H3. The second-order valence-corrected chi connectivity index (χ2v) is 13.7. The van der Waals surface area contributed by atoms with Crippen LogP contribution in [-0.4, -0.2) is 18.8 Å². The van der Waals surface area contributed by atoms with Crippen molar-refractivity contribution in [2.75, 3.05) is 0 Å². The zero-order valence-corrected chi connectivity index (χ0v) is 16.3. The van der Waals surface area contributed by atoms with Crippen LogP contribution in [0.15, 0.2) is 0 Å². The van der Waals surface area contributed by atoms with Crippen LogP contribution in [-0.2, 0) is 0 Å². The molecule has 0 bridgehead atoms. The third kappa shape index (κ3) is 4.14. The summed E-state index contributed by atoms with van der Waals surface area (Å²) in [5.74, 6) is 3.75. The van der Waals surface area contributed by atoms with Gasteiger partial charge in [-0.2, -0.15) is 0 Å². The monoisotopic (exact) mass is 308 g/mol. The maximum atomic E-state index is 10.9. The van der Waals surface area contributed by atoms with Crippen LogP contribution in [0.4, 0.5) is 0 Å². The molecule has 0 spiro atoms. The third-order valence-electron chi connectivity index (χ3n) is 5.80. The van der Waals surface area contributed by atoms with Gasteiger partial charge >= 0.3 is 0 Å².